The van der Waals surface area contributed by atoms with E-state index in [1.807, 2.05) is 0 Å². The molecule has 0 atom stereocenters. The van der Waals surface area contributed by atoms with Crippen LogP contribution in [0.1, 0.15) is 64.2 Å². The number of hydrogen-bond donors (Lipinski definition) is 0. The van der Waals surface area contributed by atoms with Crippen LogP contribution in [0.5, 0.6) is 0 Å². The fraction of sp³-hybridized carbons (Fsp3) is 0.800. The monoisotopic (exact) mass is 238 g/mol. The number of allylic oxidation sites excluding steroid dienone is 2. The summed E-state index contributed by atoms with van der Waals surface area (Å²) in [5.41, 5.74) is 0. The maximum atomic E-state index is 11.4. The third-order valence-electron chi connectivity index (χ3n) is 3.18. The molecule has 0 N–H and O–H groups in total. The Labute approximate surface area is 105 Å². The number of Topliss-reactive ketones (excluding diaryl/α,β-unsaturated/α-hetero) is 1. The molecular formula is C15H26O2. The molecule has 0 aromatic rings. The molecule has 0 spiro atoms. The topological polar surface area (TPSA) is 26.3 Å². The van der Waals surface area contributed by atoms with Gasteiger partial charge in [-0.2, -0.15) is 0 Å². The highest BCUT2D eigenvalue weighted by molar-refractivity contribution is 5.79. The van der Waals surface area contributed by atoms with E-state index in [2.05, 4.69) is 12.2 Å². The Morgan fingerprint density at radius 3 is 2.29 bits per heavy atom. The largest absolute Gasteiger partial charge is 0.374 e. The molecule has 1 rings (SSSR count). The predicted molar refractivity (Wildman–Crippen MR) is 71.1 cm³/mol. The van der Waals surface area contributed by atoms with Crippen LogP contribution in [0.2, 0.25) is 0 Å². The SMILES string of the molecule is O=C1CCC=CCCCCCCCCCOC1. The Hall–Kier alpha value is -0.630. The van der Waals surface area contributed by atoms with E-state index < -0.39 is 0 Å². The number of rotatable bonds is 0. The molecule has 0 bridgehead atoms. The lowest BCUT2D eigenvalue weighted by Crippen LogP contribution is -2.08. The van der Waals surface area contributed by atoms with E-state index in [0.717, 1.165) is 19.4 Å². The fourth-order valence-electron chi connectivity index (χ4n) is 2.09. The van der Waals surface area contributed by atoms with Crippen molar-refractivity contribution in [3.05, 3.63) is 12.2 Å². The molecule has 0 amide bonds. The average molecular weight is 238 g/mol. The zero-order chi connectivity index (χ0) is 12.2. The molecule has 0 saturated carbocycles. The summed E-state index contributed by atoms with van der Waals surface area (Å²) in [5.74, 6) is 0.238. The summed E-state index contributed by atoms with van der Waals surface area (Å²) in [7, 11) is 0. The fourth-order valence-corrected chi connectivity index (χ4v) is 2.09. The summed E-state index contributed by atoms with van der Waals surface area (Å²) in [6.07, 6.45) is 16.1. The average Bonchev–Trinajstić information content (AvgIpc) is 2.32. The van der Waals surface area contributed by atoms with Crippen molar-refractivity contribution in [2.75, 3.05) is 13.2 Å². The lowest BCUT2D eigenvalue weighted by Gasteiger charge is -2.04. The van der Waals surface area contributed by atoms with Crippen molar-refractivity contribution in [3.8, 4) is 0 Å². The van der Waals surface area contributed by atoms with Crippen LogP contribution in [0.4, 0.5) is 0 Å². The van der Waals surface area contributed by atoms with Gasteiger partial charge in [-0.15, -0.1) is 0 Å². The molecule has 2 nitrogen and oxygen atoms in total. The number of hydrogen-bond acceptors (Lipinski definition) is 2. The second-order valence-corrected chi connectivity index (χ2v) is 4.86. The van der Waals surface area contributed by atoms with Crippen LogP contribution < -0.4 is 0 Å². The van der Waals surface area contributed by atoms with Gasteiger partial charge in [0.25, 0.3) is 0 Å². The van der Waals surface area contributed by atoms with Crippen LogP contribution >= 0.6 is 0 Å². The highest BCUT2D eigenvalue weighted by atomic mass is 16.5. The van der Waals surface area contributed by atoms with Gasteiger partial charge in [0.05, 0.1) is 0 Å². The molecular weight excluding hydrogens is 212 g/mol. The first-order valence-electron chi connectivity index (χ1n) is 7.14. The van der Waals surface area contributed by atoms with Crippen molar-refractivity contribution < 1.29 is 9.53 Å². The minimum atomic E-state index is 0.238. The van der Waals surface area contributed by atoms with E-state index in [-0.39, 0.29) is 5.78 Å². The van der Waals surface area contributed by atoms with Gasteiger partial charge in [-0.1, -0.05) is 44.3 Å². The number of ketones is 1. The van der Waals surface area contributed by atoms with Gasteiger partial charge in [-0.05, 0) is 25.7 Å². The van der Waals surface area contributed by atoms with E-state index in [1.165, 1.54) is 44.9 Å². The van der Waals surface area contributed by atoms with Gasteiger partial charge >= 0.3 is 0 Å². The summed E-state index contributed by atoms with van der Waals surface area (Å²) < 4.78 is 5.37. The van der Waals surface area contributed by atoms with E-state index >= 15 is 0 Å². The van der Waals surface area contributed by atoms with Crippen molar-refractivity contribution in [3.63, 3.8) is 0 Å². The normalized spacial score (nSPS) is 22.5. The third-order valence-corrected chi connectivity index (χ3v) is 3.18. The van der Waals surface area contributed by atoms with Gasteiger partial charge in [-0.3, -0.25) is 4.79 Å². The van der Waals surface area contributed by atoms with Crippen molar-refractivity contribution in [1.29, 1.82) is 0 Å². The van der Waals surface area contributed by atoms with Crippen LogP contribution in [0.25, 0.3) is 0 Å². The Balaban J connectivity index is 2.19. The number of ether oxygens (including phenoxy) is 1. The molecule has 98 valence electrons. The van der Waals surface area contributed by atoms with Crippen LogP contribution in [0.15, 0.2) is 12.2 Å². The molecule has 0 aromatic carbocycles. The first-order chi connectivity index (χ1) is 8.39. The zero-order valence-corrected chi connectivity index (χ0v) is 11.0. The predicted octanol–water partition coefficient (Wildman–Crippen LogP) is 4.04. The summed E-state index contributed by atoms with van der Waals surface area (Å²) in [6.45, 7) is 1.06. The Kier molecular flexibility index (Phi) is 8.93. The smallest absolute Gasteiger partial charge is 0.158 e. The van der Waals surface area contributed by atoms with Crippen LogP contribution in [-0.4, -0.2) is 19.0 Å². The number of carbonyl (C=O) groups excluding carboxylic acids is 1. The first kappa shape index (κ1) is 14.4. The van der Waals surface area contributed by atoms with Gasteiger partial charge in [0.15, 0.2) is 5.78 Å². The quantitative estimate of drug-likeness (QED) is 0.595. The minimum Gasteiger partial charge on any atom is -0.374 e. The van der Waals surface area contributed by atoms with Gasteiger partial charge in [0.2, 0.25) is 0 Å². The van der Waals surface area contributed by atoms with Gasteiger partial charge in [0, 0.05) is 13.0 Å². The summed E-state index contributed by atoms with van der Waals surface area (Å²) in [6, 6.07) is 0. The summed E-state index contributed by atoms with van der Waals surface area (Å²) >= 11 is 0. The minimum absolute atomic E-state index is 0.238. The molecule has 0 aromatic heterocycles. The zero-order valence-electron chi connectivity index (χ0n) is 11.0. The first-order valence-corrected chi connectivity index (χ1v) is 7.14. The molecule has 0 radical (unpaired) electrons. The van der Waals surface area contributed by atoms with Crippen LogP contribution in [-0.2, 0) is 9.53 Å². The second kappa shape index (κ2) is 10.5. The standard InChI is InChI=1S/C15H26O2/c16-15-12-10-8-6-4-2-1-3-5-7-9-11-13-17-14-15/h6,8H,1-5,7,9-14H2. The van der Waals surface area contributed by atoms with E-state index in [9.17, 15) is 4.79 Å². The van der Waals surface area contributed by atoms with Crippen LogP contribution in [0.3, 0.4) is 0 Å². The number of carbonyl (C=O) groups is 1. The molecule has 1 aliphatic heterocycles. The van der Waals surface area contributed by atoms with E-state index in [0.29, 0.717) is 13.0 Å². The molecule has 1 aliphatic rings. The van der Waals surface area contributed by atoms with E-state index in [4.69, 9.17) is 4.74 Å². The molecule has 0 fully saturated rings. The molecule has 0 unspecified atom stereocenters. The lowest BCUT2D eigenvalue weighted by atomic mass is 10.1. The van der Waals surface area contributed by atoms with Gasteiger partial charge in [0.1, 0.15) is 6.61 Å². The molecule has 0 saturated heterocycles. The summed E-state index contributed by atoms with van der Waals surface area (Å²) in [5, 5.41) is 0. The Morgan fingerprint density at radius 2 is 1.47 bits per heavy atom. The maximum absolute atomic E-state index is 11.4. The van der Waals surface area contributed by atoms with Crippen molar-refractivity contribution >= 4 is 5.78 Å². The van der Waals surface area contributed by atoms with Gasteiger partial charge in [-0.25, -0.2) is 0 Å². The Bertz CT molecular complexity index is 221. The molecule has 17 heavy (non-hydrogen) atoms. The van der Waals surface area contributed by atoms with Crippen molar-refractivity contribution in [1.82, 2.24) is 0 Å². The second-order valence-electron chi connectivity index (χ2n) is 4.86. The molecule has 1 heterocycles. The highest BCUT2D eigenvalue weighted by Crippen LogP contribution is 2.09. The van der Waals surface area contributed by atoms with Gasteiger partial charge < -0.3 is 4.74 Å². The van der Waals surface area contributed by atoms with Crippen LogP contribution in [0, 0.1) is 0 Å². The van der Waals surface area contributed by atoms with E-state index in [1.54, 1.807) is 0 Å². The molecule has 2 heteroatoms. The lowest BCUT2D eigenvalue weighted by molar-refractivity contribution is -0.123. The van der Waals surface area contributed by atoms with Crippen molar-refractivity contribution in [2.45, 2.75) is 64.2 Å². The summed E-state index contributed by atoms with van der Waals surface area (Å²) in [4.78, 5) is 11.4. The third kappa shape index (κ3) is 9.11. The van der Waals surface area contributed by atoms with Crippen molar-refractivity contribution in [2.24, 2.45) is 0 Å². The maximum Gasteiger partial charge on any atom is 0.158 e. The molecule has 0 aliphatic carbocycles. The Morgan fingerprint density at radius 1 is 0.824 bits per heavy atom. The highest BCUT2D eigenvalue weighted by Gasteiger charge is 2.00.